The minimum atomic E-state index is -2.81. The molecule has 0 fully saturated rings. The summed E-state index contributed by atoms with van der Waals surface area (Å²) in [4.78, 5) is 0. The first-order chi connectivity index (χ1) is 2.00. The maximum Gasteiger partial charge on any atom is 0 e. The zero-order chi connectivity index (χ0) is 4.50. The Bertz CT molecular complexity index is 23.0. The molecule has 0 bridgehead atoms. The summed E-state index contributed by atoms with van der Waals surface area (Å²) < 4.78 is 0. The smallest absolute Gasteiger partial charge is 0 e. The van der Waals surface area contributed by atoms with Gasteiger partial charge in [-0.05, 0) is 0 Å². The monoisotopic (exact) mass is 269 g/mol. The second-order valence-corrected chi connectivity index (χ2v) is 14.4. The minimum Gasteiger partial charge on any atom is 0 e. The van der Waals surface area contributed by atoms with E-state index in [1.165, 1.54) is 0 Å². The average molecular weight is 271 g/mol. The van der Waals surface area contributed by atoms with Crippen molar-refractivity contribution in [3.8, 4) is 0 Å². The van der Waals surface area contributed by atoms with Gasteiger partial charge < -0.3 is 0 Å². The van der Waals surface area contributed by atoms with Crippen LogP contribution in [0.2, 0.25) is 0 Å². The SMILES string of the molecule is [Cl][Pd]([Cl])([Cl])[Cl].[Na]. The van der Waals surface area contributed by atoms with Crippen molar-refractivity contribution in [2.75, 3.05) is 0 Å². The quantitative estimate of drug-likeness (QED) is 0.593. The molecule has 0 N–H and O–H groups in total. The Labute approximate surface area is 77.7 Å². The summed E-state index contributed by atoms with van der Waals surface area (Å²) >= 11 is -2.81. The third-order valence-electron chi connectivity index (χ3n) is 0. The second kappa shape index (κ2) is 4.68. The predicted octanol–water partition coefficient (Wildman–Crippen LogP) is 2.37. The van der Waals surface area contributed by atoms with Gasteiger partial charge in [0.1, 0.15) is 0 Å². The Morgan fingerprint density at radius 2 is 0.833 bits per heavy atom. The van der Waals surface area contributed by atoms with Crippen LogP contribution < -0.4 is 0 Å². The summed E-state index contributed by atoms with van der Waals surface area (Å²) in [6.45, 7) is 0. The topological polar surface area (TPSA) is 0 Å². The molecule has 0 aromatic carbocycles. The molecule has 6 heteroatoms. The molecule has 0 aromatic rings. The van der Waals surface area contributed by atoms with E-state index in [-0.39, 0.29) is 29.6 Å². The molecule has 0 aliphatic rings. The van der Waals surface area contributed by atoms with Crippen molar-refractivity contribution >= 4 is 67.7 Å². The van der Waals surface area contributed by atoms with Gasteiger partial charge in [-0.3, -0.25) is 0 Å². The number of rotatable bonds is 0. The van der Waals surface area contributed by atoms with Crippen LogP contribution in [0.5, 0.6) is 0 Å². The molecule has 0 spiro atoms. The van der Waals surface area contributed by atoms with Crippen LogP contribution in [-0.4, -0.2) is 29.6 Å². The second-order valence-electron chi connectivity index (χ2n) is 0.271. The molecule has 39 valence electrons. The van der Waals surface area contributed by atoms with E-state index < -0.39 is 11.5 Å². The van der Waals surface area contributed by atoms with Gasteiger partial charge in [0.2, 0.25) is 0 Å². The summed E-state index contributed by atoms with van der Waals surface area (Å²) in [6.07, 6.45) is 0. The first-order valence-corrected chi connectivity index (χ1v) is 8.49. The largest absolute Gasteiger partial charge is 0 e. The van der Waals surface area contributed by atoms with Crippen LogP contribution in [0.3, 0.4) is 0 Å². The molecule has 0 aliphatic carbocycles. The van der Waals surface area contributed by atoms with Crippen LogP contribution >= 0.6 is 38.1 Å². The molecule has 1 radical (unpaired) electrons. The fraction of sp³-hybridized carbons (Fsp3) is 0. The molecule has 6 heavy (non-hydrogen) atoms. The zero-order valence-electron chi connectivity index (χ0n) is 2.83. The zero-order valence-corrected chi connectivity index (χ0v) is 9.41. The van der Waals surface area contributed by atoms with Gasteiger partial charge in [-0.15, -0.1) is 0 Å². The fourth-order valence-electron chi connectivity index (χ4n) is 0. The van der Waals surface area contributed by atoms with E-state index in [4.69, 9.17) is 38.1 Å². The summed E-state index contributed by atoms with van der Waals surface area (Å²) in [6, 6.07) is 0. The standard InChI is InChI=1S/4ClH.Na.Pd/h4*1H;;/q;;;;;+4/p-4. The maximum atomic E-state index is 4.98. The van der Waals surface area contributed by atoms with Crippen molar-refractivity contribution in [3.63, 3.8) is 0 Å². The molecular weight excluding hydrogens is 271 g/mol. The molecular formula is Cl4NaPd. The van der Waals surface area contributed by atoms with Gasteiger partial charge in [-0.1, -0.05) is 0 Å². The van der Waals surface area contributed by atoms with E-state index >= 15 is 0 Å². The third kappa shape index (κ3) is 29.0. The van der Waals surface area contributed by atoms with Crippen molar-refractivity contribution in [1.29, 1.82) is 0 Å². The van der Waals surface area contributed by atoms with Gasteiger partial charge in [-0.2, -0.15) is 0 Å². The fourth-order valence-corrected chi connectivity index (χ4v) is 0. The van der Waals surface area contributed by atoms with Gasteiger partial charge in [0.05, 0.1) is 0 Å². The van der Waals surface area contributed by atoms with Crippen LogP contribution in [0.1, 0.15) is 0 Å². The molecule has 0 amide bonds. The molecule has 0 unspecified atom stereocenters. The van der Waals surface area contributed by atoms with Crippen LogP contribution in [-0.2, 0) is 11.5 Å². The van der Waals surface area contributed by atoms with E-state index in [1.54, 1.807) is 0 Å². The summed E-state index contributed by atoms with van der Waals surface area (Å²) in [5.41, 5.74) is 0. The minimum absolute atomic E-state index is 0. The van der Waals surface area contributed by atoms with Gasteiger partial charge in [-0.25, -0.2) is 0 Å². The molecule has 0 rings (SSSR count). The molecule has 0 aromatic heterocycles. The van der Waals surface area contributed by atoms with Crippen molar-refractivity contribution in [2.24, 2.45) is 0 Å². The first kappa shape index (κ1) is 11.6. The third-order valence-corrected chi connectivity index (χ3v) is 0. The molecule has 0 nitrogen and oxygen atoms in total. The molecule has 0 saturated carbocycles. The van der Waals surface area contributed by atoms with Crippen molar-refractivity contribution in [2.45, 2.75) is 0 Å². The molecule has 0 atom stereocenters. The van der Waals surface area contributed by atoms with E-state index in [1.807, 2.05) is 0 Å². The van der Waals surface area contributed by atoms with Gasteiger partial charge in [0, 0.05) is 29.6 Å². The number of hydrogen-bond acceptors (Lipinski definition) is 0. The Morgan fingerprint density at radius 3 is 0.833 bits per heavy atom. The normalized spacial score (nSPS) is 12.7. The van der Waals surface area contributed by atoms with E-state index in [2.05, 4.69) is 0 Å². The van der Waals surface area contributed by atoms with Crippen molar-refractivity contribution in [3.05, 3.63) is 0 Å². The summed E-state index contributed by atoms with van der Waals surface area (Å²) in [5, 5.41) is 0. The Hall–Kier alpha value is 2.82. The summed E-state index contributed by atoms with van der Waals surface area (Å²) in [7, 11) is 19.9. The van der Waals surface area contributed by atoms with Gasteiger partial charge >= 0.3 is 49.6 Å². The van der Waals surface area contributed by atoms with Gasteiger partial charge in [0.15, 0.2) is 0 Å². The molecule has 0 aliphatic heterocycles. The van der Waals surface area contributed by atoms with E-state index in [0.29, 0.717) is 0 Å². The Morgan fingerprint density at radius 1 is 0.833 bits per heavy atom. The van der Waals surface area contributed by atoms with Crippen molar-refractivity contribution in [1.82, 2.24) is 0 Å². The Balaban J connectivity index is 0. The van der Waals surface area contributed by atoms with Crippen LogP contribution in [0.25, 0.3) is 0 Å². The van der Waals surface area contributed by atoms with E-state index in [0.717, 1.165) is 0 Å². The molecule has 0 heterocycles. The van der Waals surface area contributed by atoms with Crippen LogP contribution in [0, 0.1) is 0 Å². The predicted molar refractivity (Wildman–Crippen MR) is 29.2 cm³/mol. The van der Waals surface area contributed by atoms with E-state index in [9.17, 15) is 0 Å². The Kier molecular flexibility index (Phi) is 9.04. The average Bonchev–Trinajstić information content (AvgIpc) is 0.722. The maximum absolute atomic E-state index is 4.98. The number of hydrogen-bond donors (Lipinski definition) is 0. The van der Waals surface area contributed by atoms with Crippen LogP contribution in [0.4, 0.5) is 0 Å². The summed E-state index contributed by atoms with van der Waals surface area (Å²) in [5.74, 6) is 0. The van der Waals surface area contributed by atoms with Crippen LogP contribution in [0.15, 0.2) is 0 Å². The van der Waals surface area contributed by atoms with Gasteiger partial charge in [0.25, 0.3) is 0 Å². The number of halogens is 4. The molecule has 0 saturated heterocycles. The van der Waals surface area contributed by atoms with Crippen molar-refractivity contribution < 1.29 is 11.5 Å². The first-order valence-electron chi connectivity index (χ1n) is 0.478.